The molecule has 5 heteroatoms. The van der Waals surface area contributed by atoms with Crippen molar-refractivity contribution in [3.05, 3.63) is 170 Å². The van der Waals surface area contributed by atoms with Crippen LogP contribution in [0.2, 0.25) is 0 Å². The zero-order chi connectivity index (χ0) is 31.9. The minimum Gasteiger partial charge on any atom is -0.455 e. The molecule has 7 aromatic carbocycles. The highest BCUT2D eigenvalue weighted by Crippen LogP contribution is 2.47. The number of para-hydroxylation sites is 2. The van der Waals surface area contributed by atoms with Crippen LogP contribution in [0, 0.1) is 0 Å². The lowest BCUT2D eigenvalue weighted by Gasteiger charge is -2.26. The average Bonchev–Trinajstić information content (AvgIpc) is 3.57. The third-order valence-electron chi connectivity index (χ3n) is 8.68. The topological polar surface area (TPSA) is 55.1 Å². The first-order valence-electron chi connectivity index (χ1n) is 16.0. The summed E-state index contributed by atoms with van der Waals surface area (Å²) in [5, 5.41) is 4.09. The van der Waals surface area contributed by atoms with Gasteiger partial charge in [-0.2, -0.15) is 0 Å². The number of aromatic nitrogens is 3. The molecule has 0 N–H and O–H groups in total. The molecule has 0 aliphatic heterocycles. The van der Waals surface area contributed by atoms with Gasteiger partial charge in [0.2, 0.25) is 0 Å². The largest absolute Gasteiger partial charge is 0.455 e. The van der Waals surface area contributed by atoms with E-state index < -0.39 is 0 Å². The van der Waals surface area contributed by atoms with Gasteiger partial charge < -0.3 is 9.32 Å². The lowest BCUT2D eigenvalue weighted by Crippen LogP contribution is -2.10. The first-order valence-corrected chi connectivity index (χ1v) is 16.0. The van der Waals surface area contributed by atoms with Gasteiger partial charge >= 0.3 is 0 Å². The molecular weight excluding hydrogens is 589 g/mol. The summed E-state index contributed by atoms with van der Waals surface area (Å²) in [5.41, 5.74) is 7.41. The molecule has 9 rings (SSSR count). The highest BCUT2D eigenvalue weighted by molar-refractivity contribution is 6.24. The maximum absolute atomic E-state index is 6.82. The van der Waals surface area contributed by atoms with Gasteiger partial charge in [0.25, 0.3) is 0 Å². The maximum Gasteiger partial charge on any atom is 0.164 e. The van der Waals surface area contributed by atoms with Crippen molar-refractivity contribution in [2.75, 3.05) is 4.90 Å². The number of fused-ring (bicyclic) bond motifs is 5. The summed E-state index contributed by atoms with van der Waals surface area (Å²) in [5.74, 6) is 1.82. The van der Waals surface area contributed by atoms with E-state index in [1.54, 1.807) is 0 Å². The zero-order valence-corrected chi connectivity index (χ0v) is 25.9. The van der Waals surface area contributed by atoms with Crippen molar-refractivity contribution in [2.45, 2.75) is 0 Å². The summed E-state index contributed by atoms with van der Waals surface area (Å²) < 4.78 is 6.82. The molecule has 0 saturated heterocycles. The van der Waals surface area contributed by atoms with Gasteiger partial charge in [-0.3, -0.25) is 0 Å². The predicted molar refractivity (Wildman–Crippen MR) is 196 cm³/mol. The van der Waals surface area contributed by atoms with Crippen molar-refractivity contribution in [3.63, 3.8) is 0 Å². The van der Waals surface area contributed by atoms with Crippen molar-refractivity contribution in [1.29, 1.82) is 0 Å². The molecule has 0 atom stereocenters. The van der Waals surface area contributed by atoms with Crippen LogP contribution in [0.3, 0.4) is 0 Å². The Labute approximate surface area is 277 Å². The number of rotatable bonds is 6. The van der Waals surface area contributed by atoms with Crippen molar-refractivity contribution in [2.24, 2.45) is 0 Å². The standard InChI is InChI=1S/C43H28N4O/c1-5-16-29(17-6-1)41-44-42(30-18-7-2-8-19-30)46-43(45-41)35-26-15-27-37-38(35)39-36(28-31-20-13-14-25-34(31)40(39)48-37)47(32-21-9-3-10-22-32)33-23-11-4-12-24-33/h1-28H. The van der Waals surface area contributed by atoms with Gasteiger partial charge in [0, 0.05) is 38.8 Å². The first kappa shape index (κ1) is 27.7. The van der Waals surface area contributed by atoms with E-state index in [0.717, 1.165) is 66.5 Å². The fraction of sp³-hybridized carbons (Fsp3) is 0. The van der Waals surface area contributed by atoms with Crippen molar-refractivity contribution in [3.8, 4) is 34.2 Å². The third-order valence-corrected chi connectivity index (χ3v) is 8.68. The zero-order valence-electron chi connectivity index (χ0n) is 25.9. The van der Waals surface area contributed by atoms with E-state index in [-0.39, 0.29) is 0 Å². The average molecular weight is 617 g/mol. The summed E-state index contributed by atoms with van der Waals surface area (Å²) in [6.07, 6.45) is 0. The number of nitrogens with zero attached hydrogens (tertiary/aromatic N) is 4. The van der Waals surface area contributed by atoms with Crippen LogP contribution in [0.25, 0.3) is 66.9 Å². The van der Waals surface area contributed by atoms with Crippen LogP contribution in [0.15, 0.2) is 174 Å². The maximum atomic E-state index is 6.82. The van der Waals surface area contributed by atoms with Gasteiger partial charge in [-0.25, -0.2) is 15.0 Å². The highest BCUT2D eigenvalue weighted by atomic mass is 16.3. The number of hydrogen-bond donors (Lipinski definition) is 0. The van der Waals surface area contributed by atoms with Gasteiger partial charge in [0.15, 0.2) is 17.5 Å². The summed E-state index contributed by atoms with van der Waals surface area (Å²) in [4.78, 5) is 17.5. The Kier molecular flexibility index (Phi) is 6.72. The lowest BCUT2D eigenvalue weighted by atomic mass is 9.99. The monoisotopic (exact) mass is 616 g/mol. The van der Waals surface area contributed by atoms with Gasteiger partial charge in [0.05, 0.1) is 11.1 Å². The van der Waals surface area contributed by atoms with Crippen molar-refractivity contribution in [1.82, 2.24) is 15.0 Å². The summed E-state index contributed by atoms with van der Waals surface area (Å²) in [7, 11) is 0. The molecule has 0 saturated carbocycles. The van der Waals surface area contributed by atoms with E-state index in [1.165, 1.54) is 0 Å². The Morgan fingerprint density at radius 2 is 0.958 bits per heavy atom. The molecule has 2 heterocycles. The van der Waals surface area contributed by atoms with Crippen molar-refractivity contribution >= 4 is 49.8 Å². The van der Waals surface area contributed by atoms with Gasteiger partial charge in [-0.15, -0.1) is 0 Å². The van der Waals surface area contributed by atoms with Crippen LogP contribution in [-0.4, -0.2) is 15.0 Å². The van der Waals surface area contributed by atoms with Crippen LogP contribution in [0.4, 0.5) is 17.1 Å². The fourth-order valence-electron chi connectivity index (χ4n) is 6.50. The SMILES string of the molecule is c1ccc(-c2nc(-c3ccccc3)nc(-c3cccc4oc5c6ccccc6cc(N(c6ccccc6)c6ccccc6)c5c34)n2)cc1. The van der Waals surface area contributed by atoms with Crippen LogP contribution in [-0.2, 0) is 0 Å². The molecule has 48 heavy (non-hydrogen) atoms. The molecule has 0 amide bonds. The molecule has 0 fully saturated rings. The minimum atomic E-state index is 0.584. The second-order valence-corrected chi connectivity index (χ2v) is 11.6. The molecule has 0 unspecified atom stereocenters. The second-order valence-electron chi connectivity index (χ2n) is 11.6. The molecule has 0 spiro atoms. The van der Waals surface area contributed by atoms with E-state index >= 15 is 0 Å². The van der Waals surface area contributed by atoms with Crippen LogP contribution in [0.1, 0.15) is 0 Å². The molecule has 2 aromatic heterocycles. The number of hydrogen-bond acceptors (Lipinski definition) is 5. The van der Waals surface area contributed by atoms with Gasteiger partial charge in [-0.1, -0.05) is 133 Å². The van der Waals surface area contributed by atoms with Crippen LogP contribution >= 0.6 is 0 Å². The van der Waals surface area contributed by atoms with E-state index in [0.29, 0.717) is 17.5 Å². The van der Waals surface area contributed by atoms with Gasteiger partial charge in [-0.05, 0) is 41.8 Å². The lowest BCUT2D eigenvalue weighted by molar-refractivity contribution is 0.673. The minimum absolute atomic E-state index is 0.584. The number of furan rings is 1. The molecule has 0 aliphatic carbocycles. The van der Waals surface area contributed by atoms with E-state index in [2.05, 4.69) is 89.8 Å². The molecular formula is C43H28N4O. The Bertz CT molecular complexity index is 2450. The Hall–Kier alpha value is -6.59. The summed E-state index contributed by atoms with van der Waals surface area (Å²) in [6.45, 7) is 0. The molecule has 226 valence electrons. The first-order chi connectivity index (χ1) is 23.8. The molecule has 9 aromatic rings. The molecule has 0 bridgehead atoms. The van der Waals surface area contributed by atoms with Crippen molar-refractivity contribution < 1.29 is 4.42 Å². The Balaban J connectivity index is 1.39. The molecule has 0 aliphatic rings. The summed E-state index contributed by atoms with van der Waals surface area (Å²) >= 11 is 0. The second kappa shape index (κ2) is 11.6. The Morgan fingerprint density at radius 1 is 0.438 bits per heavy atom. The fourth-order valence-corrected chi connectivity index (χ4v) is 6.50. The van der Waals surface area contributed by atoms with Crippen LogP contribution in [0.5, 0.6) is 0 Å². The normalized spacial score (nSPS) is 11.3. The van der Waals surface area contributed by atoms with Crippen LogP contribution < -0.4 is 4.90 Å². The quantitative estimate of drug-likeness (QED) is 0.186. The molecule has 5 nitrogen and oxygen atoms in total. The van der Waals surface area contributed by atoms with Gasteiger partial charge in [0.1, 0.15) is 11.2 Å². The number of benzene rings is 7. The third kappa shape index (κ3) is 4.77. The number of anilines is 3. The molecule has 0 radical (unpaired) electrons. The predicted octanol–water partition coefficient (Wildman–Crippen LogP) is 11.4. The smallest absolute Gasteiger partial charge is 0.164 e. The van der Waals surface area contributed by atoms with E-state index in [1.807, 2.05) is 84.9 Å². The highest BCUT2D eigenvalue weighted by Gasteiger charge is 2.24. The summed E-state index contributed by atoms with van der Waals surface area (Å²) in [6, 6.07) is 57.9. The van der Waals surface area contributed by atoms with E-state index in [9.17, 15) is 0 Å². The Morgan fingerprint density at radius 3 is 1.56 bits per heavy atom. The van der Waals surface area contributed by atoms with E-state index in [4.69, 9.17) is 19.4 Å².